The van der Waals surface area contributed by atoms with Crippen molar-refractivity contribution in [3.63, 3.8) is 0 Å². The van der Waals surface area contributed by atoms with Crippen LogP contribution in [0.4, 0.5) is 0 Å². The van der Waals surface area contributed by atoms with E-state index in [4.69, 9.17) is 0 Å². The molecule has 0 fully saturated rings. The van der Waals surface area contributed by atoms with Crippen LogP contribution >= 0.6 is 0 Å². The van der Waals surface area contributed by atoms with Crippen LogP contribution in [0, 0.1) is 0 Å². The third-order valence-corrected chi connectivity index (χ3v) is 3.76. The first-order valence-electron chi connectivity index (χ1n) is 7.46. The number of ketones is 2. The zero-order valence-corrected chi connectivity index (χ0v) is 12.8. The molecule has 112 valence electrons. The van der Waals surface area contributed by atoms with Crippen molar-refractivity contribution in [2.75, 3.05) is 0 Å². The van der Waals surface area contributed by atoms with Gasteiger partial charge in [-0.1, -0.05) is 60.7 Å². The number of hydrogen-bond acceptors (Lipinski definition) is 2. The molecule has 0 aromatic heterocycles. The molecule has 1 aliphatic carbocycles. The van der Waals surface area contributed by atoms with Crippen LogP contribution in [-0.2, 0) is 9.59 Å². The maximum atomic E-state index is 12.4. The van der Waals surface area contributed by atoms with E-state index in [1.165, 1.54) is 12.2 Å². The molecule has 0 amide bonds. The van der Waals surface area contributed by atoms with E-state index in [2.05, 4.69) is 0 Å². The van der Waals surface area contributed by atoms with Gasteiger partial charge in [0.15, 0.2) is 11.6 Å². The Kier molecular flexibility index (Phi) is 4.15. The molecule has 0 saturated heterocycles. The highest BCUT2D eigenvalue weighted by Crippen LogP contribution is 2.29. The molecule has 3 rings (SSSR count). The standard InChI is InChI=1S/C21H16O2/c1-15-12-21(23)19(14-20(15)22)18(17-10-6-3-7-11-17)13-16-8-4-2-5-9-16/h2-14H,1H3/b18-13+. The topological polar surface area (TPSA) is 34.1 Å². The van der Waals surface area contributed by atoms with Gasteiger partial charge in [-0.05, 0) is 41.9 Å². The Bertz CT molecular complexity index is 838. The van der Waals surface area contributed by atoms with E-state index in [9.17, 15) is 9.59 Å². The normalized spacial score (nSPS) is 15.3. The smallest absolute Gasteiger partial charge is 0.186 e. The molecule has 0 heterocycles. The van der Waals surface area contributed by atoms with Gasteiger partial charge in [-0.3, -0.25) is 9.59 Å². The second kappa shape index (κ2) is 6.41. The van der Waals surface area contributed by atoms with Crippen LogP contribution in [0.2, 0.25) is 0 Å². The van der Waals surface area contributed by atoms with E-state index >= 15 is 0 Å². The van der Waals surface area contributed by atoms with E-state index in [-0.39, 0.29) is 11.6 Å². The van der Waals surface area contributed by atoms with Gasteiger partial charge in [0.25, 0.3) is 0 Å². The van der Waals surface area contributed by atoms with E-state index < -0.39 is 0 Å². The summed E-state index contributed by atoms with van der Waals surface area (Å²) in [6.07, 6.45) is 4.81. The molecule has 0 spiro atoms. The maximum absolute atomic E-state index is 12.4. The van der Waals surface area contributed by atoms with Crippen LogP contribution in [0.3, 0.4) is 0 Å². The van der Waals surface area contributed by atoms with Crippen molar-refractivity contribution in [2.24, 2.45) is 0 Å². The van der Waals surface area contributed by atoms with Crippen LogP contribution in [0.1, 0.15) is 18.1 Å². The highest BCUT2D eigenvalue weighted by atomic mass is 16.1. The average molecular weight is 300 g/mol. The number of carbonyl (C=O) groups is 2. The fourth-order valence-corrected chi connectivity index (χ4v) is 2.52. The minimum atomic E-state index is -0.131. The summed E-state index contributed by atoms with van der Waals surface area (Å²) < 4.78 is 0. The Hall–Kier alpha value is -3.00. The number of allylic oxidation sites excluding steroid dienone is 5. The summed E-state index contributed by atoms with van der Waals surface area (Å²) in [5, 5.41) is 0. The maximum Gasteiger partial charge on any atom is 0.186 e. The number of hydrogen-bond donors (Lipinski definition) is 0. The lowest BCUT2D eigenvalue weighted by atomic mass is 9.88. The predicted molar refractivity (Wildman–Crippen MR) is 92.6 cm³/mol. The number of benzene rings is 2. The molecule has 0 radical (unpaired) electrons. The highest BCUT2D eigenvalue weighted by Gasteiger charge is 2.21. The molecule has 1 aliphatic rings. The van der Waals surface area contributed by atoms with Gasteiger partial charge in [-0.2, -0.15) is 0 Å². The molecule has 23 heavy (non-hydrogen) atoms. The molecule has 0 saturated carbocycles. The molecule has 2 nitrogen and oxygen atoms in total. The minimum Gasteiger partial charge on any atom is -0.290 e. The average Bonchev–Trinajstić information content (AvgIpc) is 2.58. The van der Waals surface area contributed by atoms with Crippen LogP contribution in [0.15, 0.2) is 84.0 Å². The summed E-state index contributed by atoms with van der Waals surface area (Å²) >= 11 is 0. The minimum absolute atomic E-state index is 0.116. The zero-order valence-electron chi connectivity index (χ0n) is 12.8. The second-order valence-corrected chi connectivity index (χ2v) is 5.45. The van der Waals surface area contributed by atoms with Crippen molar-refractivity contribution in [1.82, 2.24) is 0 Å². The Morgan fingerprint density at radius 2 is 1.39 bits per heavy atom. The van der Waals surface area contributed by atoms with Crippen molar-refractivity contribution in [3.05, 3.63) is 95.1 Å². The first-order valence-corrected chi connectivity index (χ1v) is 7.46. The first kappa shape index (κ1) is 14.9. The van der Waals surface area contributed by atoms with Crippen LogP contribution in [-0.4, -0.2) is 11.6 Å². The highest BCUT2D eigenvalue weighted by molar-refractivity contribution is 6.27. The van der Waals surface area contributed by atoms with Crippen molar-refractivity contribution >= 4 is 23.2 Å². The Morgan fingerprint density at radius 1 is 0.783 bits per heavy atom. The molecule has 2 heteroatoms. The Balaban J connectivity index is 2.14. The SMILES string of the molecule is CC1=CC(=O)C(/C(=C/c2ccccc2)c2ccccc2)=CC1=O. The van der Waals surface area contributed by atoms with Gasteiger partial charge in [-0.15, -0.1) is 0 Å². The lowest BCUT2D eigenvalue weighted by Crippen LogP contribution is -2.12. The van der Waals surface area contributed by atoms with Crippen LogP contribution in [0.25, 0.3) is 11.6 Å². The summed E-state index contributed by atoms with van der Waals surface area (Å²) in [5.41, 5.74) is 3.58. The molecular formula is C21H16O2. The van der Waals surface area contributed by atoms with Crippen LogP contribution in [0.5, 0.6) is 0 Å². The van der Waals surface area contributed by atoms with Gasteiger partial charge in [0, 0.05) is 11.1 Å². The fourth-order valence-electron chi connectivity index (χ4n) is 2.52. The summed E-state index contributed by atoms with van der Waals surface area (Å²) in [4.78, 5) is 24.4. The third kappa shape index (κ3) is 3.27. The Morgan fingerprint density at radius 3 is 2.04 bits per heavy atom. The quantitative estimate of drug-likeness (QED) is 0.627. The van der Waals surface area contributed by atoms with E-state index in [1.54, 1.807) is 6.92 Å². The summed E-state index contributed by atoms with van der Waals surface area (Å²) in [6, 6.07) is 19.4. The predicted octanol–water partition coefficient (Wildman–Crippen LogP) is 4.25. The molecule has 2 aromatic carbocycles. The van der Waals surface area contributed by atoms with Gasteiger partial charge in [0.1, 0.15) is 0 Å². The molecular weight excluding hydrogens is 284 g/mol. The fraction of sp³-hybridized carbons (Fsp3) is 0.0476. The molecule has 0 bridgehead atoms. The van der Waals surface area contributed by atoms with E-state index in [0.717, 1.165) is 16.7 Å². The van der Waals surface area contributed by atoms with E-state index in [1.807, 2.05) is 66.7 Å². The molecule has 2 aromatic rings. The van der Waals surface area contributed by atoms with Crippen molar-refractivity contribution in [1.29, 1.82) is 0 Å². The van der Waals surface area contributed by atoms with Crippen molar-refractivity contribution < 1.29 is 9.59 Å². The lowest BCUT2D eigenvalue weighted by molar-refractivity contribution is -0.114. The van der Waals surface area contributed by atoms with E-state index in [0.29, 0.717) is 11.1 Å². The van der Waals surface area contributed by atoms with Crippen LogP contribution < -0.4 is 0 Å². The van der Waals surface area contributed by atoms with Gasteiger partial charge in [0.05, 0.1) is 0 Å². The molecule has 0 aliphatic heterocycles. The summed E-state index contributed by atoms with van der Waals surface area (Å²) in [7, 11) is 0. The Labute approximate surface area is 135 Å². The van der Waals surface area contributed by atoms with Crippen molar-refractivity contribution in [2.45, 2.75) is 6.92 Å². The number of carbonyl (C=O) groups excluding carboxylic acids is 2. The molecule has 0 atom stereocenters. The van der Waals surface area contributed by atoms with Gasteiger partial charge in [0.2, 0.25) is 0 Å². The lowest BCUT2D eigenvalue weighted by Gasteiger charge is -2.14. The van der Waals surface area contributed by atoms with Crippen molar-refractivity contribution in [3.8, 4) is 0 Å². The summed E-state index contributed by atoms with van der Waals surface area (Å²) in [5.74, 6) is -0.248. The number of rotatable bonds is 3. The van der Waals surface area contributed by atoms with Gasteiger partial charge >= 0.3 is 0 Å². The zero-order chi connectivity index (χ0) is 16.2. The summed E-state index contributed by atoms with van der Waals surface area (Å²) in [6.45, 7) is 1.66. The van der Waals surface area contributed by atoms with Gasteiger partial charge < -0.3 is 0 Å². The first-order chi connectivity index (χ1) is 11.1. The molecule has 0 unspecified atom stereocenters. The van der Waals surface area contributed by atoms with Gasteiger partial charge in [-0.25, -0.2) is 0 Å². The second-order valence-electron chi connectivity index (χ2n) is 5.45. The molecule has 0 N–H and O–H groups in total. The monoisotopic (exact) mass is 300 g/mol. The largest absolute Gasteiger partial charge is 0.290 e. The third-order valence-electron chi connectivity index (χ3n) is 3.76.